The van der Waals surface area contributed by atoms with Crippen molar-refractivity contribution in [3.05, 3.63) is 81.8 Å². The second-order valence-corrected chi connectivity index (χ2v) is 6.93. The van der Waals surface area contributed by atoms with E-state index in [-0.39, 0.29) is 17.2 Å². The molecule has 0 atom stereocenters. The first-order chi connectivity index (χ1) is 12.5. The summed E-state index contributed by atoms with van der Waals surface area (Å²) < 4.78 is 13.4. The van der Waals surface area contributed by atoms with Crippen LogP contribution in [-0.4, -0.2) is 9.97 Å². The lowest BCUT2D eigenvalue weighted by molar-refractivity contribution is 0.626. The predicted octanol–water partition coefficient (Wildman–Crippen LogP) is 4.61. The molecule has 4 nitrogen and oxygen atoms in total. The van der Waals surface area contributed by atoms with Gasteiger partial charge in [0.15, 0.2) is 5.16 Å². The van der Waals surface area contributed by atoms with E-state index in [0.29, 0.717) is 33.6 Å². The zero-order valence-electron chi connectivity index (χ0n) is 13.6. The number of hydrogen-bond donors (Lipinski definition) is 1. The van der Waals surface area contributed by atoms with Crippen LogP contribution in [0, 0.1) is 17.1 Å². The summed E-state index contributed by atoms with van der Waals surface area (Å²) >= 11 is 7.30. The summed E-state index contributed by atoms with van der Waals surface area (Å²) in [7, 11) is 0. The van der Waals surface area contributed by atoms with Crippen molar-refractivity contribution in [1.29, 1.82) is 5.26 Å². The fraction of sp³-hybridized carbons (Fsp3) is 0.105. The number of nitriles is 1. The highest BCUT2D eigenvalue weighted by molar-refractivity contribution is 7.98. The maximum atomic E-state index is 13.4. The lowest BCUT2D eigenvalue weighted by Gasteiger charge is -2.09. The van der Waals surface area contributed by atoms with Gasteiger partial charge in [-0.05, 0) is 35.4 Å². The maximum absolute atomic E-state index is 13.4. The van der Waals surface area contributed by atoms with E-state index in [4.69, 9.17) is 17.3 Å². The molecule has 130 valence electrons. The Bertz CT molecular complexity index is 970. The van der Waals surface area contributed by atoms with Crippen molar-refractivity contribution in [1.82, 2.24) is 9.97 Å². The SMILES string of the molecule is N#Cc1c(N)nc(SCc2ccc(Cl)cc2)nc1Cc1cccc(F)c1. The van der Waals surface area contributed by atoms with Crippen LogP contribution in [0.4, 0.5) is 10.2 Å². The first kappa shape index (κ1) is 18.2. The van der Waals surface area contributed by atoms with E-state index in [2.05, 4.69) is 9.97 Å². The van der Waals surface area contributed by atoms with Crippen molar-refractivity contribution in [2.24, 2.45) is 0 Å². The van der Waals surface area contributed by atoms with Gasteiger partial charge < -0.3 is 5.73 Å². The Labute approximate surface area is 159 Å². The van der Waals surface area contributed by atoms with Crippen LogP contribution in [0.1, 0.15) is 22.4 Å². The van der Waals surface area contributed by atoms with Gasteiger partial charge in [-0.1, -0.05) is 47.6 Å². The molecule has 2 N–H and O–H groups in total. The minimum Gasteiger partial charge on any atom is -0.382 e. The summed E-state index contributed by atoms with van der Waals surface area (Å²) in [5.41, 5.74) is 8.43. The van der Waals surface area contributed by atoms with Crippen LogP contribution in [0.15, 0.2) is 53.7 Å². The molecule has 0 bridgehead atoms. The lowest BCUT2D eigenvalue weighted by atomic mass is 10.1. The van der Waals surface area contributed by atoms with E-state index in [1.165, 1.54) is 23.9 Å². The van der Waals surface area contributed by atoms with Crippen molar-refractivity contribution < 1.29 is 4.39 Å². The van der Waals surface area contributed by atoms with E-state index in [9.17, 15) is 9.65 Å². The number of aromatic nitrogens is 2. The molecule has 0 unspecified atom stereocenters. The van der Waals surface area contributed by atoms with Crippen molar-refractivity contribution in [2.45, 2.75) is 17.3 Å². The largest absolute Gasteiger partial charge is 0.382 e. The molecule has 0 saturated heterocycles. The summed E-state index contributed by atoms with van der Waals surface area (Å²) in [6, 6.07) is 15.7. The number of benzene rings is 2. The molecule has 0 fully saturated rings. The zero-order chi connectivity index (χ0) is 18.5. The van der Waals surface area contributed by atoms with Gasteiger partial charge in [-0.15, -0.1) is 0 Å². The zero-order valence-corrected chi connectivity index (χ0v) is 15.2. The highest BCUT2D eigenvalue weighted by Gasteiger charge is 2.14. The Morgan fingerprint density at radius 1 is 1.12 bits per heavy atom. The molecule has 1 aromatic heterocycles. The second-order valence-electron chi connectivity index (χ2n) is 5.55. The van der Waals surface area contributed by atoms with Crippen molar-refractivity contribution in [3.63, 3.8) is 0 Å². The van der Waals surface area contributed by atoms with Crippen LogP contribution in [0.25, 0.3) is 0 Å². The normalized spacial score (nSPS) is 10.5. The Hall–Kier alpha value is -2.62. The summed E-state index contributed by atoms with van der Waals surface area (Å²) in [6.07, 6.45) is 0.307. The fourth-order valence-electron chi connectivity index (χ4n) is 2.39. The molecule has 0 aliphatic rings. The van der Waals surface area contributed by atoms with Crippen LogP contribution in [0.3, 0.4) is 0 Å². The predicted molar refractivity (Wildman–Crippen MR) is 101 cm³/mol. The van der Waals surface area contributed by atoms with Crippen LogP contribution in [0.2, 0.25) is 5.02 Å². The number of hydrogen-bond acceptors (Lipinski definition) is 5. The molecule has 1 heterocycles. The maximum Gasteiger partial charge on any atom is 0.190 e. The van der Waals surface area contributed by atoms with E-state index >= 15 is 0 Å². The molecular weight excluding hydrogens is 371 g/mol. The minimum atomic E-state index is -0.333. The number of anilines is 1. The minimum absolute atomic E-state index is 0.132. The summed E-state index contributed by atoms with van der Waals surface area (Å²) in [5.74, 6) is 0.440. The first-order valence-electron chi connectivity index (χ1n) is 7.73. The third-order valence-corrected chi connectivity index (χ3v) is 4.82. The number of thioether (sulfide) groups is 1. The van der Waals surface area contributed by atoms with Crippen LogP contribution >= 0.6 is 23.4 Å². The van der Waals surface area contributed by atoms with Gasteiger partial charge in [0.05, 0.1) is 5.69 Å². The monoisotopic (exact) mass is 384 g/mol. The average molecular weight is 385 g/mol. The van der Waals surface area contributed by atoms with Crippen molar-refractivity contribution >= 4 is 29.2 Å². The van der Waals surface area contributed by atoms with E-state index in [1.807, 2.05) is 30.3 Å². The van der Waals surface area contributed by atoms with E-state index < -0.39 is 0 Å². The number of nitrogen functional groups attached to an aromatic ring is 1. The highest BCUT2D eigenvalue weighted by Crippen LogP contribution is 2.25. The fourth-order valence-corrected chi connectivity index (χ4v) is 3.34. The van der Waals surface area contributed by atoms with Crippen molar-refractivity contribution in [2.75, 3.05) is 5.73 Å². The number of rotatable bonds is 5. The number of halogens is 2. The third kappa shape index (κ3) is 4.51. The van der Waals surface area contributed by atoms with Crippen molar-refractivity contribution in [3.8, 4) is 6.07 Å². The molecule has 0 aliphatic carbocycles. The summed E-state index contributed by atoms with van der Waals surface area (Å²) in [4.78, 5) is 8.67. The number of nitrogens with two attached hydrogens (primary N) is 1. The molecular formula is C19H14ClFN4S. The lowest BCUT2D eigenvalue weighted by Crippen LogP contribution is -2.06. The molecule has 3 rings (SSSR count). The molecule has 0 aliphatic heterocycles. The van der Waals surface area contributed by atoms with Crippen LogP contribution in [0.5, 0.6) is 0 Å². The topological polar surface area (TPSA) is 75.6 Å². The van der Waals surface area contributed by atoms with Gasteiger partial charge in [0.25, 0.3) is 0 Å². The van der Waals surface area contributed by atoms with Gasteiger partial charge in [0, 0.05) is 17.2 Å². The Balaban J connectivity index is 1.84. The quantitative estimate of drug-likeness (QED) is 0.513. The smallest absolute Gasteiger partial charge is 0.190 e. The Morgan fingerprint density at radius 2 is 1.88 bits per heavy atom. The molecule has 7 heteroatoms. The Kier molecular flexibility index (Phi) is 5.71. The summed E-state index contributed by atoms with van der Waals surface area (Å²) in [6.45, 7) is 0. The molecule has 0 amide bonds. The van der Waals surface area contributed by atoms with Gasteiger partial charge in [0.1, 0.15) is 23.3 Å². The standard InChI is InChI=1S/C19H14ClFN4S/c20-14-6-4-12(5-7-14)11-26-19-24-17(16(10-22)18(23)25-19)9-13-2-1-3-15(21)8-13/h1-8H,9,11H2,(H2,23,24,25). The van der Waals surface area contributed by atoms with Gasteiger partial charge in [0.2, 0.25) is 0 Å². The highest BCUT2D eigenvalue weighted by atomic mass is 35.5. The van der Waals surface area contributed by atoms with Gasteiger partial charge in [-0.2, -0.15) is 5.26 Å². The van der Waals surface area contributed by atoms with Gasteiger partial charge >= 0.3 is 0 Å². The molecule has 2 aromatic carbocycles. The average Bonchev–Trinajstić information content (AvgIpc) is 2.61. The second kappa shape index (κ2) is 8.17. The Morgan fingerprint density at radius 3 is 2.58 bits per heavy atom. The molecule has 0 radical (unpaired) electrons. The molecule has 0 saturated carbocycles. The molecule has 0 spiro atoms. The van der Waals surface area contributed by atoms with E-state index in [0.717, 1.165) is 5.56 Å². The van der Waals surface area contributed by atoms with E-state index in [1.54, 1.807) is 12.1 Å². The van der Waals surface area contributed by atoms with Gasteiger partial charge in [-0.3, -0.25) is 0 Å². The first-order valence-corrected chi connectivity index (χ1v) is 9.09. The number of nitrogens with zero attached hydrogens (tertiary/aromatic N) is 3. The van der Waals surface area contributed by atoms with Crippen LogP contribution < -0.4 is 5.73 Å². The van der Waals surface area contributed by atoms with Gasteiger partial charge in [-0.25, -0.2) is 14.4 Å². The summed E-state index contributed by atoms with van der Waals surface area (Å²) in [5, 5.41) is 10.5. The third-order valence-electron chi connectivity index (χ3n) is 3.65. The molecule has 3 aromatic rings. The molecule has 26 heavy (non-hydrogen) atoms. The van der Waals surface area contributed by atoms with Crippen LogP contribution in [-0.2, 0) is 12.2 Å².